The summed E-state index contributed by atoms with van der Waals surface area (Å²) in [4.78, 5) is 11.0. The molecule has 98 valence electrons. The molecule has 2 fully saturated rings. The van der Waals surface area contributed by atoms with Crippen LogP contribution in [0.15, 0.2) is 16.9 Å². The van der Waals surface area contributed by atoms with Crippen molar-refractivity contribution < 1.29 is 4.74 Å². The largest absolute Gasteiger partial charge is 0.377 e. The molecule has 1 unspecified atom stereocenters. The molecule has 1 aliphatic heterocycles. The number of halogens is 1. The molecule has 0 radical (unpaired) electrons. The second-order valence-electron chi connectivity index (χ2n) is 4.81. The van der Waals surface area contributed by atoms with Crippen molar-refractivity contribution in [2.45, 2.75) is 24.9 Å². The van der Waals surface area contributed by atoms with E-state index in [0.29, 0.717) is 6.04 Å². The molecule has 0 aromatic carbocycles. The molecule has 1 saturated heterocycles. The van der Waals surface area contributed by atoms with E-state index >= 15 is 0 Å². The van der Waals surface area contributed by atoms with E-state index in [4.69, 9.17) is 4.74 Å². The first kappa shape index (κ1) is 12.3. The third-order valence-electron chi connectivity index (χ3n) is 3.31. The van der Waals surface area contributed by atoms with Crippen LogP contribution in [0.2, 0.25) is 0 Å². The van der Waals surface area contributed by atoms with Crippen LogP contribution >= 0.6 is 15.9 Å². The second kappa shape index (κ2) is 5.50. The van der Waals surface area contributed by atoms with Gasteiger partial charge >= 0.3 is 0 Å². The number of rotatable bonds is 4. The first-order valence-corrected chi connectivity index (χ1v) is 7.17. The molecule has 0 spiro atoms. The number of morpholine rings is 1. The van der Waals surface area contributed by atoms with Crippen LogP contribution in [0, 0.1) is 0 Å². The quantitative estimate of drug-likeness (QED) is 0.905. The molecule has 3 rings (SSSR count). The maximum absolute atomic E-state index is 5.56. The maximum Gasteiger partial charge on any atom is 0.225 e. The van der Waals surface area contributed by atoms with Crippen molar-refractivity contribution in [1.82, 2.24) is 15.3 Å². The summed E-state index contributed by atoms with van der Waals surface area (Å²) in [6.07, 6.45) is 6.21. The van der Waals surface area contributed by atoms with Crippen molar-refractivity contribution in [3.8, 4) is 0 Å². The smallest absolute Gasteiger partial charge is 0.225 e. The molecular weight excluding hydrogens is 296 g/mol. The Labute approximate surface area is 115 Å². The third-order valence-corrected chi connectivity index (χ3v) is 3.72. The lowest BCUT2D eigenvalue weighted by atomic mass is 10.2. The number of nitrogens with zero attached hydrogens (tertiary/aromatic N) is 3. The number of hydrogen-bond donors (Lipinski definition) is 1. The van der Waals surface area contributed by atoms with E-state index in [-0.39, 0.29) is 0 Å². The molecule has 18 heavy (non-hydrogen) atoms. The summed E-state index contributed by atoms with van der Waals surface area (Å²) in [5.41, 5.74) is 0. The van der Waals surface area contributed by atoms with Gasteiger partial charge in [-0.1, -0.05) is 0 Å². The van der Waals surface area contributed by atoms with Gasteiger partial charge in [0.25, 0.3) is 0 Å². The van der Waals surface area contributed by atoms with Gasteiger partial charge in [0.15, 0.2) is 0 Å². The van der Waals surface area contributed by atoms with Crippen molar-refractivity contribution in [1.29, 1.82) is 0 Å². The predicted octanol–water partition coefficient (Wildman–Crippen LogP) is 1.20. The van der Waals surface area contributed by atoms with Crippen LogP contribution in [0.4, 0.5) is 5.95 Å². The summed E-state index contributed by atoms with van der Waals surface area (Å²) in [5.74, 6) is 0.795. The van der Waals surface area contributed by atoms with Gasteiger partial charge in [0.05, 0.1) is 23.7 Å². The van der Waals surface area contributed by atoms with Gasteiger partial charge in [-0.2, -0.15) is 0 Å². The Bertz CT molecular complexity index is 396. The van der Waals surface area contributed by atoms with E-state index in [1.54, 1.807) is 12.4 Å². The van der Waals surface area contributed by atoms with Gasteiger partial charge in [0.2, 0.25) is 5.95 Å². The summed E-state index contributed by atoms with van der Waals surface area (Å²) < 4.78 is 6.47. The minimum Gasteiger partial charge on any atom is -0.377 e. The van der Waals surface area contributed by atoms with Crippen LogP contribution < -0.4 is 10.2 Å². The molecule has 0 amide bonds. The first-order valence-electron chi connectivity index (χ1n) is 6.38. The fourth-order valence-electron chi connectivity index (χ4n) is 2.13. The van der Waals surface area contributed by atoms with Crippen molar-refractivity contribution in [2.24, 2.45) is 0 Å². The third kappa shape index (κ3) is 2.99. The van der Waals surface area contributed by atoms with Crippen LogP contribution in [0.5, 0.6) is 0 Å². The molecule has 5 nitrogen and oxygen atoms in total. The van der Waals surface area contributed by atoms with Crippen LogP contribution in [-0.4, -0.2) is 48.4 Å². The van der Waals surface area contributed by atoms with Crippen LogP contribution in [0.3, 0.4) is 0 Å². The van der Waals surface area contributed by atoms with Gasteiger partial charge < -0.3 is 15.0 Å². The molecule has 1 aliphatic carbocycles. The minimum absolute atomic E-state index is 0.334. The standard InChI is InChI=1S/C12H17BrN4O/c13-9-5-15-12(16-6-9)17-3-4-18-8-11(17)7-14-10-1-2-10/h5-6,10-11,14H,1-4,7-8H2. The average Bonchev–Trinajstić information content (AvgIpc) is 3.22. The Morgan fingerprint density at radius 1 is 1.39 bits per heavy atom. The summed E-state index contributed by atoms with van der Waals surface area (Å²) in [6.45, 7) is 3.31. The highest BCUT2D eigenvalue weighted by molar-refractivity contribution is 9.10. The average molecular weight is 313 g/mol. The first-order chi connectivity index (χ1) is 8.83. The fourth-order valence-corrected chi connectivity index (χ4v) is 2.34. The topological polar surface area (TPSA) is 50.3 Å². The number of aromatic nitrogens is 2. The lowest BCUT2D eigenvalue weighted by Crippen LogP contribution is -2.51. The zero-order valence-corrected chi connectivity index (χ0v) is 11.8. The normalized spacial score (nSPS) is 24.3. The minimum atomic E-state index is 0.334. The van der Waals surface area contributed by atoms with E-state index < -0.39 is 0 Å². The second-order valence-corrected chi connectivity index (χ2v) is 5.72. The zero-order valence-electron chi connectivity index (χ0n) is 10.2. The van der Waals surface area contributed by atoms with Crippen molar-refractivity contribution in [3.63, 3.8) is 0 Å². The van der Waals surface area contributed by atoms with Gasteiger partial charge in [-0.15, -0.1) is 0 Å². The van der Waals surface area contributed by atoms with Gasteiger partial charge in [0.1, 0.15) is 0 Å². The fraction of sp³-hybridized carbons (Fsp3) is 0.667. The number of nitrogens with one attached hydrogen (secondary N) is 1. The van der Waals surface area contributed by atoms with Gasteiger partial charge in [-0.05, 0) is 28.8 Å². The van der Waals surface area contributed by atoms with E-state index in [2.05, 4.69) is 36.1 Å². The van der Waals surface area contributed by atoms with E-state index in [1.807, 2.05) is 0 Å². The Kier molecular flexibility index (Phi) is 3.77. The highest BCUT2D eigenvalue weighted by Gasteiger charge is 2.28. The highest BCUT2D eigenvalue weighted by Crippen LogP contribution is 2.20. The highest BCUT2D eigenvalue weighted by atomic mass is 79.9. The summed E-state index contributed by atoms with van der Waals surface area (Å²) >= 11 is 3.36. The summed E-state index contributed by atoms with van der Waals surface area (Å²) in [7, 11) is 0. The number of ether oxygens (including phenoxy) is 1. The zero-order chi connectivity index (χ0) is 12.4. The molecule has 6 heteroatoms. The molecule has 1 saturated carbocycles. The van der Waals surface area contributed by atoms with E-state index in [0.717, 1.165) is 42.8 Å². The van der Waals surface area contributed by atoms with E-state index in [1.165, 1.54) is 12.8 Å². The van der Waals surface area contributed by atoms with Crippen molar-refractivity contribution in [3.05, 3.63) is 16.9 Å². The van der Waals surface area contributed by atoms with E-state index in [9.17, 15) is 0 Å². The Balaban J connectivity index is 1.67. The molecule has 2 aliphatic rings. The number of anilines is 1. The lowest BCUT2D eigenvalue weighted by Gasteiger charge is -2.35. The molecule has 1 aromatic rings. The molecule has 1 aromatic heterocycles. The SMILES string of the molecule is Brc1cnc(N2CCOCC2CNC2CC2)nc1. The van der Waals surface area contributed by atoms with Crippen molar-refractivity contribution >= 4 is 21.9 Å². The van der Waals surface area contributed by atoms with Crippen LogP contribution in [-0.2, 0) is 4.74 Å². The Morgan fingerprint density at radius 3 is 2.89 bits per heavy atom. The predicted molar refractivity (Wildman–Crippen MR) is 72.7 cm³/mol. The van der Waals surface area contributed by atoms with Gasteiger partial charge in [0, 0.05) is 31.5 Å². The van der Waals surface area contributed by atoms with Crippen molar-refractivity contribution in [2.75, 3.05) is 31.2 Å². The summed E-state index contributed by atoms with van der Waals surface area (Å²) in [5, 5.41) is 3.55. The molecular formula is C12H17BrN4O. The molecule has 1 N–H and O–H groups in total. The molecule has 1 atom stereocenters. The van der Waals surface area contributed by atoms with Gasteiger partial charge in [-0.25, -0.2) is 9.97 Å². The molecule has 0 bridgehead atoms. The Morgan fingerprint density at radius 2 is 2.17 bits per heavy atom. The lowest BCUT2D eigenvalue weighted by molar-refractivity contribution is 0.0928. The van der Waals surface area contributed by atoms with Crippen LogP contribution in [0.25, 0.3) is 0 Å². The van der Waals surface area contributed by atoms with Gasteiger partial charge in [-0.3, -0.25) is 0 Å². The molecule has 2 heterocycles. The monoisotopic (exact) mass is 312 g/mol. The maximum atomic E-state index is 5.56. The summed E-state index contributed by atoms with van der Waals surface area (Å²) in [6, 6.07) is 1.06. The van der Waals surface area contributed by atoms with Crippen LogP contribution in [0.1, 0.15) is 12.8 Å². The Hall–Kier alpha value is -0.720. The number of hydrogen-bond acceptors (Lipinski definition) is 5.